The van der Waals surface area contributed by atoms with Gasteiger partial charge in [-0.3, -0.25) is 0 Å². The fourth-order valence-electron chi connectivity index (χ4n) is 2.82. The summed E-state index contributed by atoms with van der Waals surface area (Å²) in [6.07, 6.45) is 0. The third kappa shape index (κ3) is 5.12. The molecule has 6 heteroatoms. The van der Waals surface area contributed by atoms with Gasteiger partial charge in [-0.25, -0.2) is 13.1 Å². The molecule has 0 aliphatic heterocycles. The van der Waals surface area contributed by atoms with E-state index in [2.05, 4.69) is 10.0 Å². The molecule has 3 aromatic carbocycles. The lowest BCUT2D eigenvalue weighted by atomic mass is 10.1. The second-order valence-electron chi connectivity index (χ2n) is 6.50. The van der Waals surface area contributed by atoms with E-state index in [4.69, 9.17) is 4.74 Å². The van der Waals surface area contributed by atoms with Gasteiger partial charge in [0, 0.05) is 12.2 Å². The molecule has 0 radical (unpaired) electrons. The maximum atomic E-state index is 12.7. The number of rotatable bonds is 8. The average molecular weight is 397 g/mol. The molecule has 5 nitrogen and oxygen atoms in total. The summed E-state index contributed by atoms with van der Waals surface area (Å²) in [7, 11) is -1.97. The second kappa shape index (κ2) is 8.91. The van der Waals surface area contributed by atoms with Gasteiger partial charge in [0.15, 0.2) is 0 Å². The molecule has 1 unspecified atom stereocenters. The topological polar surface area (TPSA) is 67.4 Å². The molecule has 0 bridgehead atoms. The number of anilines is 1. The highest BCUT2D eigenvalue weighted by atomic mass is 32.2. The standard InChI is InChI=1S/C22H24N2O3S/c1-17-8-14-21(15-9-17)28(25,26)23-16-22(18-6-4-3-5-7-18)24-19-10-12-20(27-2)13-11-19/h3-15,22-24H,16H2,1-2H3. The van der Waals surface area contributed by atoms with Crippen molar-refractivity contribution in [1.82, 2.24) is 4.72 Å². The van der Waals surface area contributed by atoms with Crippen molar-refractivity contribution in [2.24, 2.45) is 0 Å². The van der Waals surface area contributed by atoms with Crippen molar-refractivity contribution >= 4 is 15.7 Å². The Hall–Kier alpha value is -2.83. The van der Waals surface area contributed by atoms with Crippen molar-refractivity contribution in [2.75, 3.05) is 19.0 Å². The lowest BCUT2D eigenvalue weighted by Crippen LogP contribution is -2.31. The smallest absolute Gasteiger partial charge is 0.240 e. The summed E-state index contributed by atoms with van der Waals surface area (Å²) in [5, 5.41) is 3.40. The van der Waals surface area contributed by atoms with Gasteiger partial charge in [-0.2, -0.15) is 0 Å². The lowest BCUT2D eigenvalue weighted by Gasteiger charge is -2.21. The van der Waals surface area contributed by atoms with Crippen LogP contribution >= 0.6 is 0 Å². The van der Waals surface area contributed by atoms with Crippen LogP contribution < -0.4 is 14.8 Å². The fraction of sp³-hybridized carbons (Fsp3) is 0.182. The minimum Gasteiger partial charge on any atom is -0.497 e. The van der Waals surface area contributed by atoms with Crippen molar-refractivity contribution in [3.8, 4) is 5.75 Å². The molecule has 0 aliphatic rings. The van der Waals surface area contributed by atoms with Gasteiger partial charge in [-0.15, -0.1) is 0 Å². The Balaban J connectivity index is 1.78. The van der Waals surface area contributed by atoms with Crippen LogP contribution in [0.15, 0.2) is 83.8 Å². The van der Waals surface area contributed by atoms with Crippen molar-refractivity contribution in [3.63, 3.8) is 0 Å². The van der Waals surface area contributed by atoms with Gasteiger partial charge < -0.3 is 10.1 Å². The predicted octanol–water partition coefficient (Wildman–Crippen LogP) is 4.14. The number of hydrogen-bond donors (Lipinski definition) is 2. The summed E-state index contributed by atoms with van der Waals surface area (Å²) in [4.78, 5) is 0.259. The number of methoxy groups -OCH3 is 1. The summed E-state index contributed by atoms with van der Waals surface area (Å²) in [6.45, 7) is 2.14. The largest absolute Gasteiger partial charge is 0.497 e. The van der Waals surface area contributed by atoms with Gasteiger partial charge in [0.1, 0.15) is 5.75 Å². The second-order valence-corrected chi connectivity index (χ2v) is 8.27. The first-order valence-corrected chi connectivity index (χ1v) is 10.5. The van der Waals surface area contributed by atoms with E-state index in [9.17, 15) is 8.42 Å². The summed E-state index contributed by atoms with van der Waals surface area (Å²) < 4.78 is 33.2. The first-order valence-electron chi connectivity index (χ1n) is 9.00. The van der Waals surface area contributed by atoms with Crippen molar-refractivity contribution in [3.05, 3.63) is 90.0 Å². The lowest BCUT2D eigenvalue weighted by molar-refractivity contribution is 0.415. The van der Waals surface area contributed by atoms with E-state index in [-0.39, 0.29) is 17.5 Å². The van der Waals surface area contributed by atoms with Gasteiger partial charge in [-0.05, 0) is 48.9 Å². The highest BCUT2D eigenvalue weighted by Gasteiger charge is 2.18. The predicted molar refractivity (Wildman–Crippen MR) is 112 cm³/mol. The van der Waals surface area contributed by atoms with E-state index >= 15 is 0 Å². The first kappa shape index (κ1) is 19.9. The summed E-state index contributed by atoms with van der Waals surface area (Å²) in [5.74, 6) is 0.766. The molecule has 1 atom stereocenters. The number of benzene rings is 3. The van der Waals surface area contributed by atoms with E-state index in [1.165, 1.54) is 0 Å². The molecule has 2 N–H and O–H groups in total. The summed E-state index contributed by atoms with van der Waals surface area (Å²) in [6, 6.07) is 23.9. The third-order valence-corrected chi connectivity index (χ3v) is 5.88. The number of aryl methyl sites for hydroxylation is 1. The third-order valence-electron chi connectivity index (χ3n) is 4.44. The van der Waals surface area contributed by atoms with Gasteiger partial charge >= 0.3 is 0 Å². The van der Waals surface area contributed by atoms with Crippen LogP contribution in [0.2, 0.25) is 0 Å². The molecule has 0 saturated carbocycles. The molecule has 3 aromatic rings. The molecular formula is C22H24N2O3S. The summed E-state index contributed by atoms with van der Waals surface area (Å²) >= 11 is 0. The molecule has 0 amide bonds. The number of ether oxygens (including phenoxy) is 1. The van der Waals surface area contributed by atoms with Crippen molar-refractivity contribution in [2.45, 2.75) is 17.9 Å². The number of hydrogen-bond acceptors (Lipinski definition) is 4. The van der Waals surface area contributed by atoms with E-state index in [1.807, 2.05) is 61.5 Å². The van der Waals surface area contributed by atoms with Crippen LogP contribution in [0, 0.1) is 6.92 Å². The molecule has 0 fully saturated rings. The van der Waals surface area contributed by atoms with Crippen LogP contribution in [0.5, 0.6) is 5.75 Å². The Morgan fingerprint density at radius 3 is 2.14 bits per heavy atom. The Kier molecular flexibility index (Phi) is 6.34. The Morgan fingerprint density at radius 2 is 1.54 bits per heavy atom. The quantitative estimate of drug-likeness (QED) is 0.601. The molecular weight excluding hydrogens is 372 g/mol. The highest BCUT2D eigenvalue weighted by molar-refractivity contribution is 7.89. The van der Waals surface area contributed by atoms with Crippen LogP contribution in [0.4, 0.5) is 5.69 Å². The van der Waals surface area contributed by atoms with Crippen molar-refractivity contribution < 1.29 is 13.2 Å². The highest BCUT2D eigenvalue weighted by Crippen LogP contribution is 2.22. The van der Waals surface area contributed by atoms with Crippen LogP contribution in [-0.4, -0.2) is 22.1 Å². The van der Waals surface area contributed by atoms with Gasteiger partial charge in [0.2, 0.25) is 10.0 Å². The van der Waals surface area contributed by atoms with E-state index < -0.39 is 10.0 Å². The number of nitrogens with one attached hydrogen (secondary N) is 2. The van der Waals surface area contributed by atoms with Gasteiger partial charge in [-0.1, -0.05) is 48.0 Å². The zero-order valence-corrected chi connectivity index (χ0v) is 16.7. The molecule has 0 aromatic heterocycles. The van der Waals surface area contributed by atoms with E-state index in [0.717, 1.165) is 22.6 Å². The number of sulfonamides is 1. The van der Waals surface area contributed by atoms with Crippen molar-refractivity contribution in [1.29, 1.82) is 0 Å². The Bertz CT molecular complexity index is 986. The SMILES string of the molecule is COc1ccc(NC(CNS(=O)(=O)c2ccc(C)cc2)c2ccccc2)cc1. The zero-order valence-electron chi connectivity index (χ0n) is 15.9. The van der Waals surface area contributed by atoms with Crippen LogP contribution in [0.3, 0.4) is 0 Å². The van der Waals surface area contributed by atoms with Crippen LogP contribution in [-0.2, 0) is 10.0 Å². The summed E-state index contributed by atoms with van der Waals surface area (Å²) in [5.41, 5.74) is 2.89. The maximum Gasteiger partial charge on any atom is 0.240 e. The van der Waals surface area contributed by atoms with Gasteiger partial charge in [0.05, 0.1) is 18.0 Å². The molecule has 0 aliphatic carbocycles. The molecule has 28 heavy (non-hydrogen) atoms. The Labute approximate surface area is 166 Å². The van der Waals surface area contributed by atoms with Gasteiger partial charge in [0.25, 0.3) is 0 Å². The zero-order chi connectivity index (χ0) is 20.0. The monoisotopic (exact) mass is 396 g/mol. The first-order chi connectivity index (χ1) is 13.5. The molecule has 0 heterocycles. The molecule has 3 rings (SSSR count). The molecule has 146 valence electrons. The fourth-order valence-corrected chi connectivity index (χ4v) is 3.87. The minimum atomic E-state index is -3.59. The average Bonchev–Trinajstić information content (AvgIpc) is 2.72. The normalized spacial score (nSPS) is 12.4. The molecule has 0 saturated heterocycles. The molecule has 0 spiro atoms. The van der Waals surface area contributed by atoms with E-state index in [1.54, 1.807) is 31.4 Å². The van der Waals surface area contributed by atoms with E-state index in [0.29, 0.717) is 0 Å². The Morgan fingerprint density at radius 1 is 0.893 bits per heavy atom. The maximum absolute atomic E-state index is 12.7. The van der Waals surface area contributed by atoms with Crippen LogP contribution in [0.25, 0.3) is 0 Å². The van der Waals surface area contributed by atoms with Crippen LogP contribution in [0.1, 0.15) is 17.2 Å². The minimum absolute atomic E-state index is 0.215.